The molecule has 1 aliphatic rings. The van der Waals surface area contributed by atoms with E-state index in [4.69, 9.17) is 23.7 Å². The molecule has 3 aromatic carbocycles. The molecule has 0 atom stereocenters. The van der Waals surface area contributed by atoms with Gasteiger partial charge in [0.25, 0.3) is 5.91 Å². The highest BCUT2D eigenvalue weighted by molar-refractivity contribution is 9.10. The van der Waals surface area contributed by atoms with Crippen molar-refractivity contribution < 1.29 is 33.3 Å². The van der Waals surface area contributed by atoms with Crippen LogP contribution in [0, 0.1) is 0 Å². The van der Waals surface area contributed by atoms with E-state index in [0.29, 0.717) is 39.8 Å². The molecule has 0 spiro atoms. The van der Waals surface area contributed by atoms with Crippen LogP contribution in [0.3, 0.4) is 0 Å². The number of rotatable bonds is 9. The van der Waals surface area contributed by atoms with Crippen LogP contribution in [0.2, 0.25) is 0 Å². The quantitative estimate of drug-likeness (QED) is 0.292. The number of aliphatic imine (C=N–C) groups is 1. The number of nitrogens with one attached hydrogen (secondary N) is 1. The molecule has 0 radical (unpaired) electrons. The van der Waals surface area contributed by atoms with Gasteiger partial charge < -0.3 is 29.0 Å². The Hall–Kier alpha value is -4.31. The highest BCUT2D eigenvalue weighted by Gasteiger charge is 2.25. The lowest BCUT2D eigenvalue weighted by Crippen LogP contribution is -2.20. The number of benzene rings is 3. The van der Waals surface area contributed by atoms with Gasteiger partial charge in [-0.25, -0.2) is 9.79 Å². The van der Waals surface area contributed by atoms with Crippen LogP contribution in [-0.2, 0) is 14.3 Å². The molecule has 0 saturated heterocycles. The number of cyclic esters (lactones) is 1. The maximum Gasteiger partial charge on any atom is 0.363 e. The molecule has 4 rings (SSSR count). The maximum atomic E-state index is 12.4. The molecule has 1 heterocycles. The summed E-state index contributed by atoms with van der Waals surface area (Å²) in [5.74, 6) is 1.05. The lowest BCUT2D eigenvalue weighted by molar-refractivity contribution is -0.130. The average Bonchev–Trinajstić information content (AvgIpc) is 3.28. The number of esters is 1. The summed E-state index contributed by atoms with van der Waals surface area (Å²) in [6, 6.07) is 17.3. The maximum absolute atomic E-state index is 12.4. The summed E-state index contributed by atoms with van der Waals surface area (Å²) in [7, 11) is 4.54. The zero-order valence-electron chi connectivity index (χ0n) is 20.2. The molecule has 3 aromatic rings. The number of ether oxygens (including phenoxy) is 5. The Balaban J connectivity index is 1.47. The van der Waals surface area contributed by atoms with Gasteiger partial charge in [-0.1, -0.05) is 22.0 Å². The van der Waals surface area contributed by atoms with E-state index in [1.165, 1.54) is 21.3 Å². The molecule has 1 amide bonds. The van der Waals surface area contributed by atoms with Crippen molar-refractivity contribution in [2.24, 2.45) is 4.99 Å². The molecule has 0 fully saturated rings. The van der Waals surface area contributed by atoms with Gasteiger partial charge >= 0.3 is 5.97 Å². The summed E-state index contributed by atoms with van der Waals surface area (Å²) in [6.45, 7) is -0.210. The Morgan fingerprint density at radius 3 is 2.30 bits per heavy atom. The first-order chi connectivity index (χ1) is 17.9. The van der Waals surface area contributed by atoms with E-state index in [-0.39, 0.29) is 24.1 Å². The van der Waals surface area contributed by atoms with Crippen molar-refractivity contribution >= 4 is 45.5 Å². The summed E-state index contributed by atoms with van der Waals surface area (Å²) in [5, 5.41) is 2.76. The van der Waals surface area contributed by atoms with Crippen LogP contribution in [0.25, 0.3) is 6.08 Å². The molecule has 37 heavy (non-hydrogen) atoms. The van der Waals surface area contributed by atoms with Gasteiger partial charge in [0.15, 0.2) is 35.3 Å². The first-order valence-corrected chi connectivity index (χ1v) is 11.8. The third-order valence-electron chi connectivity index (χ3n) is 5.23. The monoisotopic (exact) mass is 566 g/mol. The number of carbonyl (C=O) groups is 2. The van der Waals surface area contributed by atoms with Gasteiger partial charge in [0.05, 0.1) is 21.3 Å². The van der Waals surface area contributed by atoms with Crippen LogP contribution >= 0.6 is 15.9 Å². The van der Waals surface area contributed by atoms with Crippen molar-refractivity contribution in [1.82, 2.24) is 0 Å². The molecule has 0 aromatic heterocycles. The fraction of sp³-hybridized carbons (Fsp3) is 0.148. The van der Waals surface area contributed by atoms with Gasteiger partial charge in [-0.2, -0.15) is 0 Å². The SMILES string of the molecule is COc1ccc(C2=N/C(=C\c3ccc(OCC(=O)Nc4ccc(Br)cc4)c(OC)c3)C(=O)O2)cc1OC. The zero-order chi connectivity index (χ0) is 26.4. The Morgan fingerprint density at radius 2 is 1.59 bits per heavy atom. The van der Waals surface area contributed by atoms with Crippen LogP contribution < -0.4 is 24.3 Å². The van der Waals surface area contributed by atoms with E-state index in [2.05, 4.69) is 26.2 Å². The van der Waals surface area contributed by atoms with Crippen LogP contribution in [0.1, 0.15) is 11.1 Å². The van der Waals surface area contributed by atoms with Crippen LogP contribution in [0.5, 0.6) is 23.0 Å². The van der Waals surface area contributed by atoms with Crippen molar-refractivity contribution in [3.63, 3.8) is 0 Å². The molecule has 1 aliphatic heterocycles. The lowest BCUT2D eigenvalue weighted by atomic mass is 10.1. The molecule has 190 valence electrons. The third-order valence-corrected chi connectivity index (χ3v) is 5.76. The van der Waals surface area contributed by atoms with Crippen molar-refractivity contribution in [2.45, 2.75) is 0 Å². The Morgan fingerprint density at radius 1 is 0.919 bits per heavy atom. The van der Waals surface area contributed by atoms with Gasteiger partial charge in [-0.05, 0) is 66.2 Å². The second-order valence-corrected chi connectivity index (χ2v) is 8.58. The summed E-state index contributed by atoms with van der Waals surface area (Å²) < 4.78 is 27.9. The largest absolute Gasteiger partial charge is 0.493 e. The summed E-state index contributed by atoms with van der Waals surface area (Å²) in [4.78, 5) is 29.0. The minimum atomic E-state index is -0.589. The molecule has 0 unspecified atom stereocenters. The first-order valence-electron chi connectivity index (χ1n) is 11.0. The molecule has 0 aliphatic carbocycles. The topological polar surface area (TPSA) is 105 Å². The molecule has 9 nitrogen and oxygen atoms in total. The smallest absolute Gasteiger partial charge is 0.363 e. The van der Waals surface area contributed by atoms with Crippen LogP contribution in [0.15, 0.2) is 75.8 Å². The number of nitrogens with zero attached hydrogens (tertiary/aromatic N) is 1. The zero-order valence-corrected chi connectivity index (χ0v) is 21.8. The second-order valence-electron chi connectivity index (χ2n) is 7.66. The fourth-order valence-corrected chi connectivity index (χ4v) is 3.69. The van der Waals surface area contributed by atoms with E-state index in [0.717, 1.165) is 4.47 Å². The van der Waals surface area contributed by atoms with Gasteiger partial charge in [0.2, 0.25) is 5.90 Å². The van der Waals surface area contributed by atoms with Gasteiger partial charge in [0.1, 0.15) is 0 Å². The van der Waals surface area contributed by atoms with Gasteiger partial charge in [-0.15, -0.1) is 0 Å². The van der Waals surface area contributed by atoms with Gasteiger partial charge in [0, 0.05) is 15.7 Å². The number of amides is 1. The van der Waals surface area contributed by atoms with E-state index in [1.54, 1.807) is 54.6 Å². The van der Waals surface area contributed by atoms with Crippen molar-refractivity contribution in [1.29, 1.82) is 0 Å². The Kier molecular flexibility index (Phi) is 8.09. The minimum absolute atomic E-state index is 0.120. The van der Waals surface area contributed by atoms with E-state index >= 15 is 0 Å². The second kappa shape index (κ2) is 11.6. The average molecular weight is 567 g/mol. The number of halogens is 1. The standard InChI is InChI=1S/C27H23BrN2O7/c1-33-21-11-5-17(14-24(21)35-3)26-30-20(27(32)37-26)12-16-4-10-22(23(13-16)34-2)36-15-25(31)29-19-8-6-18(28)7-9-19/h4-14H,15H2,1-3H3,(H,29,31)/b20-12-. The third kappa shape index (κ3) is 6.28. The van der Waals surface area contributed by atoms with Crippen LogP contribution in [-0.4, -0.2) is 45.7 Å². The summed E-state index contributed by atoms with van der Waals surface area (Å²) >= 11 is 3.35. The predicted octanol–water partition coefficient (Wildman–Crippen LogP) is 4.84. The van der Waals surface area contributed by atoms with Crippen molar-refractivity contribution in [3.05, 3.63) is 82.0 Å². The Bertz CT molecular complexity index is 1380. The predicted molar refractivity (Wildman–Crippen MR) is 141 cm³/mol. The van der Waals surface area contributed by atoms with E-state index in [1.807, 2.05) is 12.1 Å². The molecule has 0 bridgehead atoms. The van der Waals surface area contributed by atoms with E-state index in [9.17, 15) is 9.59 Å². The number of hydrogen-bond acceptors (Lipinski definition) is 8. The highest BCUT2D eigenvalue weighted by Crippen LogP contribution is 2.31. The molecular weight excluding hydrogens is 544 g/mol. The number of methoxy groups -OCH3 is 3. The summed E-state index contributed by atoms with van der Waals surface area (Å²) in [6.07, 6.45) is 1.57. The molecule has 0 saturated carbocycles. The highest BCUT2D eigenvalue weighted by atomic mass is 79.9. The minimum Gasteiger partial charge on any atom is -0.493 e. The molecule has 10 heteroatoms. The normalized spacial score (nSPS) is 13.6. The molecular formula is C27H23BrN2O7. The Labute approximate surface area is 221 Å². The number of hydrogen-bond donors (Lipinski definition) is 1. The van der Waals surface area contributed by atoms with Crippen molar-refractivity contribution in [2.75, 3.05) is 33.3 Å². The van der Waals surface area contributed by atoms with Crippen LogP contribution in [0.4, 0.5) is 5.69 Å². The number of carbonyl (C=O) groups excluding carboxylic acids is 2. The number of anilines is 1. The lowest BCUT2D eigenvalue weighted by Gasteiger charge is -2.11. The molecule has 1 N–H and O–H groups in total. The van der Waals surface area contributed by atoms with Gasteiger partial charge in [-0.3, -0.25) is 4.79 Å². The van der Waals surface area contributed by atoms with Crippen molar-refractivity contribution in [3.8, 4) is 23.0 Å². The summed E-state index contributed by atoms with van der Waals surface area (Å²) in [5.41, 5.74) is 1.97. The van der Waals surface area contributed by atoms with E-state index < -0.39 is 5.97 Å². The fourth-order valence-electron chi connectivity index (χ4n) is 3.43. The first kappa shape index (κ1) is 25.8.